The molecule has 16 heavy (non-hydrogen) atoms. The van der Waals surface area contributed by atoms with Crippen molar-refractivity contribution in [3.63, 3.8) is 0 Å². The van der Waals surface area contributed by atoms with Crippen molar-refractivity contribution in [1.82, 2.24) is 0 Å². The Morgan fingerprint density at radius 1 is 1.31 bits per heavy atom. The predicted octanol–water partition coefficient (Wildman–Crippen LogP) is 2.49. The molecule has 0 aliphatic rings. The maximum Gasteiger partial charge on any atom is 0.305 e. The van der Waals surface area contributed by atoms with E-state index in [4.69, 9.17) is 16.3 Å². The molecule has 0 N–H and O–H groups in total. The van der Waals surface area contributed by atoms with Gasteiger partial charge in [-0.15, -0.1) is 0 Å². The lowest BCUT2D eigenvalue weighted by atomic mass is 10.0. The van der Waals surface area contributed by atoms with Gasteiger partial charge in [-0.1, -0.05) is 37.3 Å². The molecule has 0 heterocycles. The Morgan fingerprint density at radius 3 is 2.44 bits per heavy atom. The van der Waals surface area contributed by atoms with Crippen LogP contribution in [-0.4, -0.2) is 17.8 Å². The second-order valence-electron chi connectivity index (χ2n) is 3.30. The predicted molar refractivity (Wildman–Crippen MR) is 61.3 cm³/mol. The lowest BCUT2D eigenvalue weighted by Crippen LogP contribution is -2.16. The van der Waals surface area contributed by atoms with E-state index in [1.807, 2.05) is 18.2 Å². The number of ether oxygens (including phenoxy) is 1. The minimum absolute atomic E-state index is 0.000972. The van der Waals surface area contributed by atoms with Crippen LogP contribution >= 0.6 is 11.6 Å². The van der Waals surface area contributed by atoms with Crippen LogP contribution in [0.4, 0.5) is 0 Å². The fraction of sp³-hybridized carbons (Fsp3) is 0.333. The molecular formula is C12H13ClO3. The molecule has 1 aromatic carbocycles. The van der Waals surface area contributed by atoms with Crippen LogP contribution in [0.25, 0.3) is 0 Å². The second kappa shape index (κ2) is 6.28. The van der Waals surface area contributed by atoms with Crippen molar-refractivity contribution in [2.75, 3.05) is 6.61 Å². The summed E-state index contributed by atoms with van der Waals surface area (Å²) >= 11 is 5.47. The monoisotopic (exact) mass is 240 g/mol. The van der Waals surface area contributed by atoms with E-state index in [2.05, 4.69) is 0 Å². The fourth-order valence-electron chi connectivity index (χ4n) is 1.26. The number of halogens is 1. The van der Waals surface area contributed by atoms with Gasteiger partial charge in [0.1, 0.15) is 6.61 Å². The van der Waals surface area contributed by atoms with Crippen LogP contribution in [0, 0.1) is 0 Å². The molecule has 4 heteroatoms. The smallest absolute Gasteiger partial charge is 0.305 e. The highest BCUT2D eigenvalue weighted by molar-refractivity contribution is 6.64. The number of carbonyl (C=O) groups excluding carboxylic acids is 2. The van der Waals surface area contributed by atoms with Gasteiger partial charge in [-0.25, -0.2) is 0 Å². The Kier molecular flexibility index (Phi) is 4.99. The lowest BCUT2D eigenvalue weighted by Gasteiger charge is -2.12. The number of hydrogen-bond acceptors (Lipinski definition) is 3. The standard InChI is InChI=1S/C12H13ClO3/c1-2-11(14)16-8-10(12(13)15)9-6-4-3-5-7-9/h3-7,10H,2,8H2,1H3. The van der Waals surface area contributed by atoms with Gasteiger partial charge >= 0.3 is 5.97 Å². The summed E-state index contributed by atoms with van der Waals surface area (Å²) in [6.07, 6.45) is 0.290. The topological polar surface area (TPSA) is 43.4 Å². The molecule has 1 rings (SSSR count). The Hall–Kier alpha value is -1.35. The van der Waals surface area contributed by atoms with Gasteiger partial charge in [0.15, 0.2) is 0 Å². The number of hydrogen-bond donors (Lipinski definition) is 0. The maximum atomic E-state index is 11.2. The van der Waals surface area contributed by atoms with Crippen molar-refractivity contribution < 1.29 is 14.3 Å². The number of carbonyl (C=O) groups is 2. The fourth-order valence-corrected chi connectivity index (χ4v) is 1.45. The first kappa shape index (κ1) is 12.7. The first-order chi connectivity index (χ1) is 7.65. The number of rotatable bonds is 5. The molecule has 0 amide bonds. The first-order valence-electron chi connectivity index (χ1n) is 5.05. The van der Waals surface area contributed by atoms with E-state index < -0.39 is 11.2 Å². The highest BCUT2D eigenvalue weighted by Crippen LogP contribution is 2.19. The van der Waals surface area contributed by atoms with E-state index in [9.17, 15) is 9.59 Å². The minimum atomic E-state index is -0.585. The first-order valence-corrected chi connectivity index (χ1v) is 5.42. The molecule has 0 spiro atoms. The molecule has 0 bridgehead atoms. The molecule has 86 valence electrons. The van der Waals surface area contributed by atoms with Crippen LogP contribution in [0.2, 0.25) is 0 Å². The van der Waals surface area contributed by atoms with Gasteiger partial charge in [0.2, 0.25) is 5.24 Å². The van der Waals surface area contributed by atoms with Gasteiger partial charge < -0.3 is 4.74 Å². The van der Waals surface area contributed by atoms with Gasteiger partial charge in [0, 0.05) is 6.42 Å². The molecule has 0 fully saturated rings. The summed E-state index contributed by atoms with van der Waals surface area (Å²) < 4.78 is 4.92. The molecular weight excluding hydrogens is 228 g/mol. The highest BCUT2D eigenvalue weighted by atomic mass is 35.5. The molecule has 0 aliphatic carbocycles. The normalized spacial score (nSPS) is 11.9. The van der Waals surface area contributed by atoms with Crippen LogP contribution in [0.5, 0.6) is 0 Å². The van der Waals surface area contributed by atoms with Crippen LogP contribution in [0.1, 0.15) is 24.8 Å². The summed E-state index contributed by atoms with van der Waals surface area (Å²) in [6, 6.07) is 9.03. The van der Waals surface area contributed by atoms with E-state index in [0.29, 0.717) is 0 Å². The molecule has 0 aliphatic heterocycles. The van der Waals surface area contributed by atoms with Gasteiger partial charge in [-0.2, -0.15) is 0 Å². The van der Waals surface area contributed by atoms with Gasteiger partial charge in [0.25, 0.3) is 0 Å². The Morgan fingerprint density at radius 2 is 1.94 bits per heavy atom. The molecule has 1 atom stereocenters. The van der Waals surface area contributed by atoms with E-state index >= 15 is 0 Å². The summed E-state index contributed by atoms with van der Waals surface area (Å²) in [5.74, 6) is -0.919. The number of esters is 1. The van der Waals surface area contributed by atoms with E-state index in [1.54, 1.807) is 19.1 Å². The van der Waals surface area contributed by atoms with E-state index in [0.717, 1.165) is 5.56 Å². The highest BCUT2D eigenvalue weighted by Gasteiger charge is 2.20. The van der Waals surface area contributed by atoms with Crippen molar-refractivity contribution in [2.24, 2.45) is 0 Å². The van der Waals surface area contributed by atoms with Crippen LogP contribution < -0.4 is 0 Å². The third kappa shape index (κ3) is 3.66. The third-order valence-electron chi connectivity index (χ3n) is 2.18. The van der Waals surface area contributed by atoms with Crippen molar-refractivity contribution in [3.05, 3.63) is 35.9 Å². The largest absolute Gasteiger partial charge is 0.465 e. The maximum absolute atomic E-state index is 11.2. The van der Waals surface area contributed by atoms with Crippen molar-refractivity contribution in [2.45, 2.75) is 19.3 Å². The molecule has 3 nitrogen and oxygen atoms in total. The van der Waals surface area contributed by atoms with Gasteiger partial charge in [-0.3, -0.25) is 9.59 Å². The number of benzene rings is 1. The Labute approximate surface area is 99.4 Å². The van der Waals surface area contributed by atoms with Crippen LogP contribution in [0.3, 0.4) is 0 Å². The van der Waals surface area contributed by atoms with Crippen LogP contribution in [-0.2, 0) is 14.3 Å². The average molecular weight is 241 g/mol. The minimum Gasteiger partial charge on any atom is -0.465 e. The van der Waals surface area contributed by atoms with Gasteiger partial charge in [-0.05, 0) is 17.2 Å². The summed E-state index contributed by atoms with van der Waals surface area (Å²) in [5, 5.41) is -0.518. The van der Waals surface area contributed by atoms with Crippen molar-refractivity contribution in [1.29, 1.82) is 0 Å². The second-order valence-corrected chi connectivity index (χ2v) is 3.68. The Bertz CT molecular complexity index is 362. The SMILES string of the molecule is CCC(=O)OCC(C(=O)Cl)c1ccccc1. The van der Waals surface area contributed by atoms with Crippen molar-refractivity contribution in [3.8, 4) is 0 Å². The van der Waals surface area contributed by atoms with E-state index in [1.165, 1.54) is 0 Å². The average Bonchev–Trinajstić information content (AvgIpc) is 2.30. The quantitative estimate of drug-likeness (QED) is 0.587. The van der Waals surface area contributed by atoms with Crippen LogP contribution in [0.15, 0.2) is 30.3 Å². The lowest BCUT2D eigenvalue weighted by molar-refractivity contribution is -0.144. The molecule has 0 saturated heterocycles. The summed E-state index contributed by atoms with van der Waals surface area (Å²) in [5.41, 5.74) is 0.756. The molecule has 0 aromatic heterocycles. The Balaban J connectivity index is 2.69. The zero-order chi connectivity index (χ0) is 12.0. The third-order valence-corrected chi connectivity index (χ3v) is 2.44. The summed E-state index contributed by atoms with van der Waals surface area (Å²) in [4.78, 5) is 22.2. The van der Waals surface area contributed by atoms with E-state index in [-0.39, 0.29) is 19.0 Å². The summed E-state index contributed by atoms with van der Waals surface area (Å²) in [7, 11) is 0. The summed E-state index contributed by atoms with van der Waals surface area (Å²) in [6.45, 7) is 1.70. The van der Waals surface area contributed by atoms with Crippen molar-refractivity contribution >= 4 is 22.8 Å². The molecule has 0 saturated carbocycles. The molecule has 0 radical (unpaired) electrons. The molecule has 1 aromatic rings. The zero-order valence-electron chi connectivity index (χ0n) is 8.98. The zero-order valence-corrected chi connectivity index (χ0v) is 9.74. The molecule has 1 unspecified atom stereocenters. The van der Waals surface area contributed by atoms with Gasteiger partial charge in [0.05, 0.1) is 5.92 Å².